The van der Waals surface area contributed by atoms with Crippen molar-refractivity contribution in [3.63, 3.8) is 0 Å². The van der Waals surface area contributed by atoms with E-state index in [1.54, 1.807) is 47.8 Å². The van der Waals surface area contributed by atoms with Crippen molar-refractivity contribution in [1.82, 2.24) is 25.4 Å². The van der Waals surface area contributed by atoms with Gasteiger partial charge in [0.25, 0.3) is 0 Å². The van der Waals surface area contributed by atoms with Crippen molar-refractivity contribution in [3.05, 3.63) is 60.1 Å². The highest BCUT2D eigenvalue weighted by atomic mass is 32.1. The first-order chi connectivity index (χ1) is 8.00. The van der Waals surface area contributed by atoms with Crippen LogP contribution in [0.2, 0.25) is 0 Å². The fourth-order valence-electron chi connectivity index (χ4n) is 0.655. The standard InChI is InChI=1S/C5H5N.C3H3NS.C2H3N3.H3P/c1-2-4-6-5-3-1;1-2-5-3-4-1;1-2-4-5-3-1;/h1-5H;1-3H;1-2H,(H,3,4,5);1H3. The maximum atomic E-state index is 3.78. The van der Waals surface area contributed by atoms with Gasteiger partial charge < -0.3 is 0 Å². The molecule has 3 rings (SSSR count). The van der Waals surface area contributed by atoms with Gasteiger partial charge in [-0.2, -0.15) is 25.3 Å². The number of hydrogen-bond acceptors (Lipinski definition) is 5. The van der Waals surface area contributed by atoms with Crippen molar-refractivity contribution in [1.29, 1.82) is 0 Å². The minimum absolute atomic E-state index is 0. The Kier molecular flexibility index (Phi) is 11.2. The molecular formula is C10H14N5PS. The molecule has 5 nitrogen and oxygen atoms in total. The van der Waals surface area contributed by atoms with E-state index in [1.807, 2.05) is 23.6 Å². The van der Waals surface area contributed by atoms with E-state index in [-0.39, 0.29) is 9.90 Å². The summed E-state index contributed by atoms with van der Waals surface area (Å²) in [4.78, 5) is 7.53. The molecule has 90 valence electrons. The summed E-state index contributed by atoms with van der Waals surface area (Å²) in [7, 11) is 0. The lowest BCUT2D eigenvalue weighted by Crippen LogP contribution is -1.61. The molecule has 0 bridgehead atoms. The first-order valence-electron chi connectivity index (χ1n) is 4.47. The molecule has 3 heterocycles. The van der Waals surface area contributed by atoms with Gasteiger partial charge in [-0.15, -0.1) is 11.3 Å². The lowest BCUT2D eigenvalue weighted by molar-refractivity contribution is 0.940. The summed E-state index contributed by atoms with van der Waals surface area (Å²) in [5.41, 5.74) is 1.79. The van der Waals surface area contributed by atoms with Gasteiger partial charge in [-0.3, -0.25) is 9.97 Å². The van der Waals surface area contributed by atoms with E-state index in [2.05, 4.69) is 25.4 Å². The number of nitrogens with zero attached hydrogens (tertiary/aromatic N) is 4. The maximum Gasteiger partial charge on any atom is 0.0791 e. The second-order valence-corrected chi connectivity index (χ2v) is 3.11. The Morgan fingerprint density at radius 1 is 0.765 bits per heavy atom. The molecule has 0 fully saturated rings. The Labute approximate surface area is 107 Å². The Morgan fingerprint density at radius 3 is 1.65 bits per heavy atom. The molecule has 0 aliphatic rings. The number of aromatic amines is 1. The average Bonchev–Trinajstić information content (AvgIpc) is 3.10. The minimum atomic E-state index is 0. The van der Waals surface area contributed by atoms with Gasteiger partial charge in [0.2, 0.25) is 0 Å². The summed E-state index contributed by atoms with van der Waals surface area (Å²) in [6.07, 6.45) is 8.44. The maximum absolute atomic E-state index is 3.78. The van der Waals surface area contributed by atoms with Crippen LogP contribution in [0.1, 0.15) is 0 Å². The first-order valence-corrected chi connectivity index (χ1v) is 5.41. The van der Waals surface area contributed by atoms with Crippen LogP contribution in [-0.4, -0.2) is 25.4 Å². The van der Waals surface area contributed by atoms with Crippen molar-refractivity contribution >= 4 is 21.2 Å². The lowest BCUT2D eigenvalue weighted by Gasteiger charge is -1.70. The van der Waals surface area contributed by atoms with Crippen LogP contribution in [0.3, 0.4) is 0 Å². The molecule has 0 saturated heterocycles. The third kappa shape index (κ3) is 10.6. The zero-order valence-electron chi connectivity index (χ0n) is 9.18. The van der Waals surface area contributed by atoms with Crippen LogP contribution in [0.25, 0.3) is 0 Å². The van der Waals surface area contributed by atoms with E-state index in [0.717, 1.165) is 0 Å². The zero-order valence-corrected chi connectivity index (χ0v) is 11.4. The van der Waals surface area contributed by atoms with Gasteiger partial charge in [-0.05, 0) is 12.1 Å². The minimum Gasteiger partial charge on any atom is -0.265 e. The van der Waals surface area contributed by atoms with Crippen LogP contribution in [0.5, 0.6) is 0 Å². The van der Waals surface area contributed by atoms with Crippen molar-refractivity contribution in [3.8, 4) is 0 Å². The molecule has 1 unspecified atom stereocenters. The van der Waals surface area contributed by atoms with Crippen LogP contribution in [0.4, 0.5) is 0 Å². The van der Waals surface area contributed by atoms with Crippen molar-refractivity contribution < 1.29 is 0 Å². The molecule has 0 aliphatic heterocycles. The summed E-state index contributed by atoms with van der Waals surface area (Å²) in [6.45, 7) is 0. The quantitative estimate of drug-likeness (QED) is 0.633. The molecular weight excluding hydrogens is 253 g/mol. The third-order valence-corrected chi connectivity index (χ3v) is 1.77. The number of pyridine rings is 1. The summed E-state index contributed by atoms with van der Waals surface area (Å²) in [5, 5.41) is 11.3. The number of thiazole rings is 1. The fourth-order valence-corrected chi connectivity index (χ4v) is 1.01. The highest BCUT2D eigenvalue weighted by Gasteiger charge is 1.59. The highest BCUT2D eigenvalue weighted by molar-refractivity contribution is 7.07. The second kappa shape index (κ2) is 12.4. The Bertz CT molecular complexity index is 316. The largest absolute Gasteiger partial charge is 0.265 e. The molecule has 0 saturated carbocycles. The highest BCUT2D eigenvalue weighted by Crippen LogP contribution is 1.85. The molecule has 17 heavy (non-hydrogen) atoms. The van der Waals surface area contributed by atoms with Gasteiger partial charge in [0, 0.05) is 24.0 Å². The summed E-state index contributed by atoms with van der Waals surface area (Å²) in [6, 6.07) is 5.72. The van der Waals surface area contributed by atoms with E-state index in [9.17, 15) is 0 Å². The topological polar surface area (TPSA) is 67.3 Å². The SMILES string of the molecule is P.c1ccncc1.c1cn[nH]n1.c1cscn1. The second-order valence-electron chi connectivity index (χ2n) is 2.36. The number of rotatable bonds is 0. The molecule has 3 aromatic rings. The third-order valence-electron chi connectivity index (χ3n) is 1.24. The molecule has 0 spiro atoms. The van der Waals surface area contributed by atoms with E-state index in [4.69, 9.17) is 0 Å². The molecule has 0 radical (unpaired) electrons. The lowest BCUT2D eigenvalue weighted by atomic mass is 10.5. The predicted molar refractivity (Wildman–Crippen MR) is 73.8 cm³/mol. The summed E-state index contributed by atoms with van der Waals surface area (Å²) >= 11 is 1.60. The molecule has 0 aliphatic carbocycles. The van der Waals surface area contributed by atoms with Gasteiger partial charge in [0.05, 0.1) is 17.9 Å². The molecule has 1 N–H and O–H groups in total. The molecule has 1 atom stereocenters. The molecule has 0 amide bonds. The Balaban J connectivity index is 0.000000221. The van der Waals surface area contributed by atoms with Gasteiger partial charge >= 0.3 is 0 Å². The number of H-pyrrole nitrogens is 1. The van der Waals surface area contributed by atoms with Crippen LogP contribution in [-0.2, 0) is 0 Å². The predicted octanol–water partition coefficient (Wildman–Crippen LogP) is 2.09. The summed E-state index contributed by atoms with van der Waals surface area (Å²) in [5.74, 6) is 0. The van der Waals surface area contributed by atoms with E-state index in [0.29, 0.717) is 0 Å². The zero-order chi connectivity index (χ0) is 11.3. The normalized spacial score (nSPS) is 7.53. The van der Waals surface area contributed by atoms with E-state index < -0.39 is 0 Å². The van der Waals surface area contributed by atoms with Gasteiger partial charge in [-0.25, -0.2) is 0 Å². The Hall–Kier alpha value is -1.65. The van der Waals surface area contributed by atoms with E-state index in [1.165, 1.54) is 0 Å². The van der Waals surface area contributed by atoms with Gasteiger partial charge in [-0.1, -0.05) is 6.07 Å². The van der Waals surface area contributed by atoms with E-state index >= 15 is 0 Å². The molecule has 0 aromatic carbocycles. The van der Waals surface area contributed by atoms with Crippen molar-refractivity contribution in [2.75, 3.05) is 0 Å². The van der Waals surface area contributed by atoms with Crippen LogP contribution in [0.15, 0.2) is 60.1 Å². The van der Waals surface area contributed by atoms with Gasteiger partial charge in [0.1, 0.15) is 0 Å². The first kappa shape index (κ1) is 15.3. The average molecular weight is 267 g/mol. The molecule has 3 aromatic heterocycles. The Morgan fingerprint density at radius 2 is 1.47 bits per heavy atom. The van der Waals surface area contributed by atoms with Crippen molar-refractivity contribution in [2.24, 2.45) is 0 Å². The number of aromatic nitrogens is 5. The van der Waals surface area contributed by atoms with Crippen LogP contribution < -0.4 is 0 Å². The number of hydrogen-bond donors (Lipinski definition) is 1. The monoisotopic (exact) mass is 267 g/mol. The van der Waals surface area contributed by atoms with Crippen LogP contribution in [0, 0.1) is 0 Å². The van der Waals surface area contributed by atoms with Gasteiger partial charge in [0.15, 0.2) is 0 Å². The smallest absolute Gasteiger partial charge is 0.0791 e. The van der Waals surface area contributed by atoms with Crippen molar-refractivity contribution in [2.45, 2.75) is 0 Å². The number of nitrogens with one attached hydrogen (secondary N) is 1. The molecule has 7 heteroatoms. The van der Waals surface area contributed by atoms with Crippen LogP contribution >= 0.6 is 21.2 Å². The summed E-state index contributed by atoms with van der Waals surface area (Å²) < 4.78 is 0. The fraction of sp³-hybridized carbons (Fsp3) is 0.